The van der Waals surface area contributed by atoms with Gasteiger partial charge in [0.05, 0.1) is 12.1 Å². The summed E-state index contributed by atoms with van der Waals surface area (Å²) in [5.41, 5.74) is 2.29. The van der Waals surface area contributed by atoms with E-state index in [1.54, 1.807) is 5.51 Å². The van der Waals surface area contributed by atoms with Crippen molar-refractivity contribution in [2.45, 2.75) is 37.8 Å². The number of carbonyl (C=O) groups is 1. The van der Waals surface area contributed by atoms with Gasteiger partial charge in [-0.2, -0.15) is 0 Å². The van der Waals surface area contributed by atoms with Crippen LogP contribution < -0.4 is 10.1 Å². The van der Waals surface area contributed by atoms with Gasteiger partial charge in [0.15, 0.2) is 0 Å². The number of hydrogen-bond donors (Lipinski definition) is 1. The third kappa shape index (κ3) is 3.91. The fourth-order valence-electron chi connectivity index (χ4n) is 4.29. The predicted molar refractivity (Wildman–Crippen MR) is 103 cm³/mol. The summed E-state index contributed by atoms with van der Waals surface area (Å²) in [6, 6.07) is 10.7. The second-order valence-corrected chi connectivity index (χ2v) is 7.83. The number of piperidine rings is 1. The third-order valence-electron chi connectivity index (χ3n) is 5.55. The van der Waals surface area contributed by atoms with Gasteiger partial charge in [-0.05, 0) is 50.3 Å². The Hall–Kier alpha value is -1.92. The SMILES string of the molecule is O=C(c1cscn1)N(CCOc1ccccc1)C1CCC2CC1CCN2. The van der Waals surface area contributed by atoms with Crippen LogP contribution in [-0.2, 0) is 0 Å². The second-order valence-electron chi connectivity index (χ2n) is 7.11. The summed E-state index contributed by atoms with van der Waals surface area (Å²) >= 11 is 1.47. The number of carbonyl (C=O) groups excluding carboxylic acids is 1. The molecule has 2 heterocycles. The van der Waals surface area contributed by atoms with Crippen molar-refractivity contribution in [3.63, 3.8) is 0 Å². The number of benzene rings is 1. The van der Waals surface area contributed by atoms with Gasteiger partial charge in [-0.15, -0.1) is 11.3 Å². The number of aromatic nitrogens is 1. The first-order valence-corrected chi connectivity index (χ1v) is 10.4. The molecule has 1 aliphatic carbocycles. The minimum absolute atomic E-state index is 0.0462. The zero-order valence-electron chi connectivity index (χ0n) is 14.8. The van der Waals surface area contributed by atoms with Crippen LogP contribution in [-0.4, -0.2) is 47.6 Å². The Balaban J connectivity index is 1.47. The van der Waals surface area contributed by atoms with Crippen LogP contribution in [0.1, 0.15) is 36.2 Å². The molecule has 1 amide bonds. The number of nitrogens with one attached hydrogen (secondary N) is 1. The highest BCUT2D eigenvalue weighted by Crippen LogP contribution is 2.34. The maximum absolute atomic E-state index is 13.1. The standard InChI is InChI=1S/C20H25N3O2S/c24-20(18-13-26-14-22-18)23(10-11-25-17-4-2-1-3-5-17)19-7-6-16-12-15(19)8-9-21-16/h1-5,13-16,19,21H,6-12H2. The summed E-state index contributed by atoms with van der Waals surface area (Å²) in [6.45, 7) is 2.17. The molecule has 1 saturated heterocycles. The molecule has 6 heteroatoms. The Morgan fingerprint density at radius 1 is 1.27 bits per heavy atom. The molecule has 138 valence electrons. The highest BCUT2D eigenvalue weighted by Gasteiger charge is 2.38. The Labute approximate surface area is 158 Å². The number of thiazole rings is 1. The number of fused-ring (bicyclic) bond motifs is 2. The molecule has 2 fully saturated rings. The summed E-state index contributed by atoms with van der Waals surface area (Å²) in [4.78, 5) is 19.4. The highest BCUT2D eigenvalue weighted by molar-refractivity contribution is 7.07. The number of amides is 1. The Morgan fingerprint density at radius 2 is 2.15 bits per heavy atom. The van der Waals surface area contributed by atoms with Crippen LogP contribution in [0.25, 0.3) is 0 Å². The molecule has 3 atom stereocenters. The maximum Gasteiger partial charge on any atom is 0.273 e. The average Bonchev–Trinajstić information content (AvgIpc) is 3.22. The van der Waals surface area contributed by atoms with Gasteiger partial charge in [-0.1, -0.05) is 18.2 Å². The molecule has 5 nitrogen and oxygen atoms in total. The number of hydrogen-bond acceptors (Lipinski definition) is 5. The predicted octanol–water partition coefficient (Wildman–Crippen LogP) is 3.19. The van der Waals surface area contributed by atoms with E-state index in [0.717, 1.165) is 31.6 Å². The van der Waals surface area contributed by atoms with Gasteiger partial charge < -0.3 is 15.0 Å². The van der Waals surface area contributed by atoms with E-state index in [1.165, 1.54) is 17.8 Å². The van der Waals surface area contributed by atoms with Crippen molar-refractivity contribution in [2.24, 2.45) is 5.92 Å². The fraction of sp³-hybridized carbons (Fsp3) is 0.500. The lowest BCUT2D eigenvalue weighted by molar-refractivity contribution is 0.0384. The van der Waals surface area contributed by atoms with Crippen molar-refractivity contribution in [2.75, 3.05) is 19.7 Å². The van der Waals surface area contributed by atoms with Crippen molar-refractivity contribution in [1.29, 1.82) is 0 Å². The molecule has 2 aromatic rings. The molecule has 3 unspecified atom stereocenters. The molecule has 1 aromatic heterocycles. The molecule has 1 saturated carbocycles. The van der Waals surface area contributed by atoms with Crippen molar-refractivity contribution in [3.05, 3.63) is 46.9 Å². The van der Waals surface area contributed by atoms with Crippen molar-refractivity contribution < 1.29 is 9.53 Å². The van der Waals surface area contributed by atoms with Crippen LogP contribution in [0, 0.1) is 5.92 Å². The van der Waals surface area contributed by atoms with Gasteiger partial charge in [-0.3, -0.25) is 4.79 Å². The first-order chi connectivity index (χ1) is 12.8. The van der Waals surface area contributed by atoms with Crippen LogP contribution in [0.5, 0.6) is 5.75 Å². The van der Waals surface area contributed by atoms with E-state index >= 15 is 0 Å². The van der Waals surface area contributed by atoms with Crippen LogP contribution in [0.3, 0.4) is 0 Å². The van der Waals surface area contributed by atoms with E-state index < -0.39 is 0 Å². The molecule has 1 aromatic carbocycles. The number of nitrogens with zero attached hydrogens (tertiary/aromatic N) is 2. The summed E-state index contributed by atoms with van der Waals surface area (Å²) in [5, 5.41) is 5.44. The van der Waals surface area contributed by atoms with Crippen molar-refractivity contribution >= 4 is 17.2 Å². The highest BCUT2D eigenvalue weighted by atomic mass is 32.1. The third-order valence-corrected chi connectivity index (χ3v) is 6.13. The largest absolute Gasteiger partial charge is 0.492 e. The normalized spacial score (nSPS) is 24.8. The smallest absolute Gasteiger partial charge is 0.273 e. The monoisotopic (exact) mass is 371 g/mol. The van der Waals surface area contributed by atoms with Gasteiger partial charge in [0.2, 0.25) is 0 Å². The van der Waals surface area contributed by atoms with Crippen molar-refractivity contribution in [1.82, 2.24) is 15.2 Å². The lowest BCUT2D eigenvalue weighted by Gasteiger charge is -2.45. The minimum atomic E-state index is 0.0462. The van der Waals surface area contributed by atoms with E-state index in [0.29, 0.717) is 36.8 Å². The topological polar surface area (TPSA) is 54.5 Å². The van der Waals surface area contributed by atoms with Crippen LogP contribution >= 0.6 is 11.3 Å². The summed E-state index contributed by atoms with van der Waals surface area (Å²) in [6.07, 6.45) is 4.51. The second kappa shape index (κ2) is 8.18. The van der Waals surface area contributed by atoms with E-state index in [1.807, 2.05) is 40.6 Å². The quantitative estimate of drug-likeness (QED) is 0.847. The van der Waals surface area contributed by atoms with Gasteiger partial charge >= 0.3 is 0 Å². The van der Waals surface area contributed by atoms with Gasteiger partial charge in [0.25, 0.3) is 5.91 Å². The van der Waals surface area contributed by atoms with Gasteiger partial charge in [0.1, 0.15) is 18.1 Å². The average molecular weight is 372 g/mol. The zero-order chi connectivity index (χ0) is 17.8. The molecule has 2 bridgehead atoms. The number of para-hydroxylation sites is 1. The molecule has 2 aliphatic rings. The lowest BCUT2D eigenvalue weighted by atomic mass is 9.76. The molecule has 1 N–H and O–H groups in total. The maximum atomic E-state index is 13.1. The van der Waals surface area contributed by atoms with E-state index in [4.69, 9.17) is 4.74 Å². The summed E-state index contributed by atoms with van der Waals surface area (Å²) < 4.78 is 5.87. The van der Waals surface area contributed by atoms with E-state index in [-0.39, 0.29) is 5.91 Å². The number of rotatable bonds is 6. The Bertz CT molecular complexity index is 707. The Morgan fingerprint density at radius 3 is 2.96 bits per heavy atom. The Kier molecular flexibility index (Phi) is 5.51. The molecule has 0 radical (unpaired) electrons. The van der Waals surface area contributed by atoms with Gasteiger partial charge in [0, 0.05) is 17.5 Å². The molecule has 26 heavy (non-hydrogen) atoms. The molecule has 0 spiro atoms. The number of ether oxygens (including phenoxy) is 1. The molecule has 1 aliphatic heterocycles. The lowest BCUT2D eigenvalue weighted by Crippen LogP contribution is -2.54. The first-order valence-electron chi connectivity index (χ1n) is 9.41. The first kappa shape index (κ1) is 17.5. The minimum Gasteiger partial charge on any atom is -0.492 e. The van der Waals surface area contributed by atoms with Crippen LogP contribution in [0.2, 0.25) is 0 Å². The molecule has 4 rings (SSSR count). The van der Waals surface area contributed by atoms with Crippen LogP contribution in [0.4, 0.5) is 0 Å². The van der Waals surface area contributed by atoms with Crippen molar-refractivity contribution in [3.8, 4) is 5.75 Å². The molecular weight excluding hydrogens is 346 g/mol. The summed E-state index contributed by atoms with van der Waals surface area (Å²) in [7, 11) is 0. The van der Waals surface area contributed by atoms with E-state index in [9.17, 15) is 4.79 Å². The fourth-order valence-corrected chi connectivity index (χ4v) is 4.81. The molecular formula is C20H25N3O2S. The zero-order valence-corrected chi connectivity index (χ0v) is 15.7. The van der Waals surface area contributed by atoms with Crippen LogP contribution in [0.15, 0.2) is 41.2 Å². The summed E-state index contributed by atoms with van der Waals surface area (Å²) in [5.74, 6) is 1.47. The van der Waals surface area contributed by atoms with Gasteiger partial charge in [-0.25, -0.2) is 4.98 Å². The van der Waals surface area contributed by atoms with E-state index in [2.05, 4.69) is 10.3 Å².